The molecule has 0 radical (unpaired) electrons. The van der Waals surface area contributed by atoms with Gasteiger partial charge in [0.15, 0.2) is 0 Å². The van der Waals surface area contributed by atoms with Crippen molar-refractivity contribution in [3.8, 4) is 17.2 Å². The third kappa shape index (κ3) is 15.3. The number of hydrogen-bond acceptors (Lipinski definition) is 14. The largest absolute Gasteiger partial charge is 1.00 e. The molecule has 95 heavy (non-hydrogen) atoms. The van der Waals surface area contributed by atoms with Gasteiger partial charge in [0, 0.05) is 103 Å². The molecule has 0 atom stereocenters. The van der Waals surface area contributed by atoms with E-state index in [2.05, 4.69) is 46.4 Å². The van der Waals surface area contributed by atoms with Crippen LogP contribution < -0.4 is 61.0 Å². The van der Waals surface area contributed by atoms with Crippen LogP contribution in [0.2, 0.25) is 0 Å². The fraction of sp³-hybridized carbons (Fsp3) is 0.301. The van der Waals surface area contributed by atoms with E-state index in [1.54, 1.807) is 84.9 Å². The van der Waals surface area contributed by atoms with Crippen LogP contribution in [0.5, 0.6) is 17.2 Å². The summed E-state index contributed by atoms with van der Waals surface area (Å²) in [4.78, 5) is 118. The fourth-order valence-corrected chi connectivity index (χ4v) is 10.7. The first-order valence-electron chi connectivity index (χ1n) is 29.5. The van der Waals surface area contributed by atoms with Gasteiger partial charge >= 0.3 is 42.7 Å². The number of phenols is 1. The number of aromatic nitrogens is 3. The number of anilines is 3. The van der Waals surface area contributed by atoms with E-state index >= 15 is 0 Å². The van der Waals surface area contributed by atoms with E-state index in [0.29, 0.717) is 66.8 Å². The van der Waals surface area contributed by atoms with E-state index in [9.17, 15) is 53.4 Å². The maximum Gasteiger partial charge on any atom is 1.00 e. The molecule has 2 aliphatic heterocycles. The standard InChI is InChI=1S/C24H26N2O5.C24H24N2O4.C14H19NO2.C10H7NO3.CH4.Li.H2O/c1-23(2,3)15-10-16(24(4,5)22(30)31)19(27)11-18(15)26-21(29)14-12-25-17-9-7-6-8-13(17)20(14)28;1-23(2,3)15-10-16-19(30-22(29)24(16,4)5)11-18(15)26-21(28)14-12-25-17-9-7-6-8-13(17)20(14)27;1-13(2,3)8-6-9-11(7-10(8)15)17-12(16)14(9,4)5;12-9-6-3-1-2-4-8(6)11-5-7(9)10(13)14;;;/h6-12,27H,1-5H3,(H,25,28)(H,26,29)(H,30,31);6-12H,1-5H3,(H,25,27)(H,26,28);6-7H,15H2,1-5H3;1-5H,(H,11,12)(H,13,14);1H4;;1H2/q;;;;;+1;/p-1. The second-order valence-electron chi connectivity index (χ2n) is 27.4. The number of carbonyl (C=O) groups excluding carboxylic acids is 4. The summed E-state index contributed by atoms with van der Waals surface area (Å²) < 4.78 is 10.7. The second kappa shape index (κ2) is 27.9. The molecule has 11 N–H and O–H groups in total. The summed E-state index contributed by atoms with van der Waals surface area (Å²) in [6.07, 6.45) is 4.00. The zero-order chi connectivity index (χ0) is 68.1. The molecule has 494 valence electrons. The van der Waals surface area contributed by atoms with E-state index in [4.69, 9.17) is 20.3 Å². The van der Waals surface area contributed by atoms with Gasteiger partial charge in [0.1, 0.15) is 33.9 Å². The first-order valence-corrected chi connectivity index (χ1v) is 29.5. The summed E-state index contributed by atoms with van der Waals surface area (Å²) in [6, 6.07) is 31.0. The van der Waals surface area contributed by atoms with Gasteiger partial charge in [-0.1, -0.05) is 106 Å². The predicted octanol–water partition coefficient (Wildman–Crippen LogP) is 9.87. The average molecular weight is 1290 g/mol. The first-order chi connectivity index (χ1) is 42.7. The van der Waals surface area contributed by atoms with Gasteiger partial charge in [-0.2, -0.15) is 0 Å². The van der Waals surface area contributed by atoms with E-state index < -0.39 is 56.3 Å². The number of amides is 2. The Morgan fingerprint density at radius 1 is 0.484 bits per heavy atom. The average Bonchev–Trinajstić information content (AvgIpc) is 1.68. The molecule has 0 bridgehead atoms. The van der Waals surface area contributed by atoms with E-state index in [1.807, 2.05) is 87.4 Å². The summed E-state index contributed by atoms with van der Waals surface area (Å²) in [5.41, 5.74) is 9.02. The summed E-state index contributed by atoms with van der Waals surface area (Å²) in [7, 11) is 0. The molecule has 2 aliphatic rings. The Balaban J connectivity index is 0.000000237. The number of nitrogens with one attached hydrogen (secondary N) is 5. The Labute approximate surface area is 561 Å². The van der Waals surface area contributed by atoms with Crippen LogP contribution in [0.15, 0.2) is 142 Å². The minimum atomic E-state index is -1.33. The van der Waals surface area contributed by atoms with Crippen LogP contribution in [-0.2, 0) is 46.9 Å². The van der Waals surface area contributed by atoms with E-state index in [0.717, 1.165) is 22.3 Å². The van der Waals surface area contributed by atoms with Crippen molar-refractivity contribution in [2.45, 2.75) is 144 Å². The normalized spacial score (nSPS) is 13.4. The number of hydrogen-bond donors (Lipinski definition) is 9. The van der Waals surface area contributed by atoms with Crippen LogP contribution in [0, 0.1) is 0 Å². The number of carboxylic acid groups (broad SMARTS) is 2. The third-order valence-electron chi connectivity index (χ3n) is 16.4. The van der Waals surface area contributed by atoms with Crippen molar-refractivity contribution in [1.29, 1.82) is 0 Å². The van der Waals surface area contributed by atoms with Crippen molar-refractivity contribution in [1.82, 2.24) is 15.0 Å². The Morgan fingerprint density at radius 2 is 0.821 bits per heavy atom. The van der Waals surface area contributed by atoms with Crippen LogP contribution in [-0.4, -0.2) is 71.4 Å². The number of aliphatic carboxylic acids is 1. The molecule has 21 nitrogen and oxygen atoms in total. The van der Waals surface area contributed by atoms with Crippen LogP contribution in [0.3, 0.4) is 0 Å². The predicted molar refractivity (Wildman–Crippen MR) is 365 cm³/mol. The molecule has 0 aliphatic carbocycles. The number of rotatable bonds is 7. The molecule has 0 unspecified atom stereocenters. The molecule has 0 saturated heterocycles. The number of benzene rings is 6. The number of fused-ring (bicyclic) bond motifs is 5. The van der Waals surface area contributed by atoms with Crippen LogP contribution in [0.4, 0.5) is 17.1 Å². The molecule has 2 amide bonds. The zero-order valence-electron chi connectivity index (χ0n) is 55.5. The van der Waals surface area contributed by atoms with Crippen molar-refractivity contribution < 1.29 is 77.9 Å². The number of carboxylic acids is 2. The molecule has 22 heteroatoms. The van der Waals surface area contributed by atoms with Gasteiger partial charge in [-0.05, 0) is 129 Å². The number of pyridine rings is 3. The third-order valence-corrected chi connectivity index (χ3v) is 16.4. The first kappa shape index (κ1) is 75.6. The number of nitrogen functional groups attached to an aromatic ring is 1. The quantitative estimate of drug-likeness (QED) is 0.0310. The maximum atomic E-state index is 13.0. The van der Waals surface area contributed by atoms with Crippen molar-refractivity contribution in [3.63, 3.8) is 0 Å². The molecule has 6 aromatic carbocycles. The number of esters is 2. The van der Waals surface area contributed by atoms with Crippen molar-refractivity contribution in [3.05, 3.63) is 209 Å². The minimum Gasteiger partial charge on any atom is -0.870 e. The number of nitrogens with two attached hydrogens (primary N) is 1. The van der Waals surface area contributed by atoms with Gasteiger partial charge in [-0.25, -0.2) is 4.79 Å². The summed E-state index contributed by atoms with van der Waals surface area (Å²) >= 11 is 0. The van der Waals surface area contributed by atoms with Crippen molar-refractivity contribution in [2.75, 3.05) is 16.4 Å². The van der Waals surface area contributed by atoms with Gasteiger partial charge in [-0.3, -0.25) is 38.4 Å². The molecule has 5 heterocycles. The van der Waals surface area contributed by atoms with Crippen molar-refractivity contribution in [2.24, 2.45) is 0 Å². The SMILES string of the molecule is C.CC(C)(C)c1cc(C(C)(C)C(=O)O)c(O)cc1NC(=O)c1c[nH]c2ccccc2c1=O.CC(C)(C)c1cc2c(cc1N)OC(=O)C2(C)C.CC(C)(C)c1cc2c(cc1NC(=O)c1c[nH]c3ccccc3c1=O)OC(=O)C2(C)C.O=C(O)c1c[nH]c2ccccc2c1=O.[Li+].[OH-]. The number of para-hydroxylation sites is 3. The fourth-order valence-electron chi connectivity index (χ4n) is 10.7. The zero-order valence-corrected chi connectivity index (χ0v) is 55.5. The number of carbonyl (C=O) groups is 6. The molecular formula is C73H81LiN6O15. The number of H-pyrrole nitrogens is 3. The number of aromatic amines is 3. The van der Waals surface area contributed by atoms with Gasteiger partial charge in [-0.15, -0.1) is 0 Å². The molecule has 0 spiro atoms. The minimum absolute atomic E-state index is 0. The molecule has 9 aromatic rings. The number of aromatic hydroxyl groups is 1. The number of ether oxygens (including phenoxy) is 2. The van der Waals surface area contributed by atoms with Crippen LogP contribution in [0.25, 0.3) is 32.7 Å². The van der Waals surface area contributed by atoms with Crippen molar-refractivity contribution >= 4 is 85.5 Å². The Hall–Kier alpha value is -10.1. The smallest absolute Gasteiger partial charge is 0.870 e. The second-order valence-corrected chi connectivity index (χ2v) is 27.4. The number of phenolic OH excluding ortho intramolecular Hbond substituents is 1. The van der Waals surface area contributed by atoms with Gasteiger partial charge in [0.25, 0.3) is 11.8 Å². The van der Waals surface area contributed by atoms with Gasteiger partial charge < -0.3 is 61.6 Å². The summed E-state index contributed by atoms with van der Waals surface area (Å²) in [6.45, 7) is 28.5. The monoisotopic (exact) mass is 1290 g/mol. The molecule has 11 rings (SSSR count). The maximum absolute atomic E-state index is 13.0. The Kier molecular flexibility index (Phi) is 22.2. The van der Waals surface area contributed by atoms with E-state index in [1.165, 1.54) is 38.5 Å². The molecule has 3 aromatic heterocycles. The molecule has 0 fully saturated rings. The topological polar surface area (TPSA) is 360 Å². The van der Waals surface area contributed by atoms with E-state index in [-0.39, 0.29) is 88.0 Å². The van der Waals surface area contributed by atoms with Gasteiger partial charge in [0.2, 0.25) is 16.3 Å². The molecular weight excluding hydrogens is 1210 g/mol. The Morgan fingerprint density at radius 3 is 1.20 bits per heavy atom. The van der Waals surface area contributed by atoms with Crippen LogP contribution in [0.1, 0.15) is 176 Å². The summed E-state index contributed by atoms with van der Waals surface area (Å²) in [5, 5.41) is 35.7. The summed E-state index contributed by atoms with van der Waals surface area (Å²) in [5.74, 6) is -3.18. The molecule has 0 saturated carbocycles. The number of aromatic carboxylic acids is 1. The van der Waals surface area contributed by atoms with Gasteiger partial charge in [0.05, 0.1) is 16.2 Å². The Bertz CT molecular complexity index is 4710. The van der Waals surface area contributed by atoms with Crippen LogP contribution >= 0.6 is 0 Å².